The molecule has 0 bridgehead atoms. The zero-order valence-corrected chi connectivity index (χ0v) is 9.81. The second-order valence-corrected chi connectivity index (χ2v) is 3.09. The fraction of sp³-hybridized carbons (Fsp3) is 0.417. The summed E-state index contributed by atoms with van der Waals surface area (Å²) in [5, 5.41) is 0. The Labute approximate surface area is 99.3 Å². The van der Waals surface area contributed by atoms with Gasteiger partial charge in [0.05, 0.1) is 13.2 Å². The van der Waals surface area contributed by atoms with Crippen molar-refractivity contribution in [2.45, 2.75) is 20.2 Å². The molecule has 1 atom stereocenters. The van der Waals surface area contributed by atoms with Crippen LogP contribution in [0.5, 0.6) is 11.5 Å². The van der Waals surface area contributed by atoms with Gasteiger partial charge in [0.15, 0.2) is 0 Å². The number of alkyl halides is 1. The predicted molar refractivity (Wildman–Crippen MR) is 59.8 cm³/mol. The van der Waals surface area contributed by atoms with Crippen molar-refractivity contribution in [2.75, 3.05) is 13.2 Å². The molecular weight excluding hydrogens is 227 g/mol. The van der Waals surface area contributed by atoms with E-state index in [-0.39, 0.29) is 12.4 Å². The van der Waals surface area contributed by atoms with E-state index in [2.05, 4.69) is 4.74 Å². The molecule has 1 aromatic rings. The molecule has 4 nitrogen and oxygen atoms in total. The molecule has 94 valence electrons. The van der Waals surface area contributed by atoms with Crippen LogP contribution in [0.4, 0.5) is 4.39 Å². The molecule has 0 N–H and O–H groups in total. The van der Waals surface area contributed by atoms with Crippen molar-refractivity contribution in [3.8, 4) is 11.5 Å². The number of carbonyl (C=O) groups excluding carboxylic acids is 1. The van der Waals surface area contributed by atoms with Crippen LogP contribution in [0.25, 0.3) is 0 Å². The van der Waals surface area contributed by atoms with Crippen LogP contribution in [0.3, 0.4) is 0 Å². The van der Waals surface area contributed by atoms with Crippen LogP contribution in [0.2, 0.25) is 0 Å². The maximum Gasteiger partial charge on any atom is 0.381 e. The van der Waals surface area contributed by atoms with Crippen LogP contribution in [-0.4, -0.2) is 25.5 Å². The molecule has 1 unspecified atom stereocenters. The monoisotopic (exact) mass is 242 g/mol. The third-order valence-electron chi connectivity index (χ3n) is 1.85. The first-order chi connectivity index (χ1) is 8.17. The average Bonchev–Trinajstić information content (AvgIpc) is 2.32. The summed E-state index contributed by atoms with van der Waals surface area (Å²) in [5.74, 6) is -0.123. The first-order valence-corrected chi connectivity index (χ1v) is 5.37. The maximum absolute atomic E-state index is 13.2. The highest BCUT2D eigenvalue weighted by molar-refractivity contribution is 5.73. The Hall–Kier alpha value is -1.78. The van der Waals surface area contributed by atoms with Gasteiger partial charge in [-0.3, -0.25) is 0 Å². The Balaban J connectivity index is 2.53. The summed E-state index contributed by atoms with van der Waals surface area (Å²) in [6.07, 6.45) is -2.10. The molecular formula is C12H15FO4. The number of hydrogen-bond donors (Lipinski definition) is 0. The van der Waals surface area contributed by atoms with Gasteiger partial charge in [-0.1, -0.05) is 0 Å². The Morgan fingerprint density at radius 1 is 1.18 bits per heavy atom. The first kappa shape index (κ1) is 13.3. The molecule has 0 aliphatic rings. The summed E-state index contributed by atoms with van der Waals surface area (Å²) >= 11 is 0. The van der Waals surface area contributed by atoms with Crippen LogP contribution < -0.4 is 9.47 Å². The number of hydrogen-bond acceptors (Lipinski definition) is 4. The van der Waals surface area contributed by atoms with Crippen LogP contribution in [-0.2, 0) is 9.53 Å². The van der Waals surface area contributed by atoms with Gasteiger partial charge in [-0.05, 0) is 38.1 Å². The Kier molecular flexibility index (Phi) is 5.26. The van der Waals surface area contributed by atoms with Crippen molar-refractivity contribution in [3.63, 3.8) is 0 Å². The molecule has 1 rings (SSSR count). The summed E-state index contributed by atoms with van der Waals surface area (Å²) in [5.41, 5.74) is 0. The standard InChI is InChI=1S/C12H15FO4/c1-3-15-9-5-7-10(8-6-9)17-11(13)12(14)16-4-2/h5-8,11H,3-4H2,1-2H3. The van der Waals surface area contributed by atoms with Gasteiger partial charge >= 0.3 is 12.3 Å². The van der Waals surface area contributed by atoms with Gasteiger partial charge in [-0.25, -0.2) is 4.79 Å². The number of benzene rings is 1. The topological polar surface area (TPSA) is 44.8 Å². The molecule has 0 saturated heterocycles. The summed E-state index contributed by atoms with van der Waals surface area (Å²) in [6.45, 7) is 4.13. The fourth-order valence-corrected chi connectivity index (χ4v) is 1.16. The SMILES string of the molecule is CCOC(=O)C(F)Oc1ccc(OCC)cc1. The van der Waals surface area contributed by atoms with E-state index in [1.807, 2.05) is 6.92 Å². The van der Waals surface area contributed by atoms with Crippen LogP contribution in [0.1, 0.15) is 13.8 Å². The largest absolute Gasteiger partial charge is 0.494 e. The molecule has 5 heteroatoms. The maximum atomic E-state index is 13.2. The molecule has 0 spiro atoms. The lowest BCUT2D eigenvalue weighted by Gasteiger charge is -2.10. The van der Waals surface area contributed by atoms with Crippen LogP contribution in [0.15, 0.2) is 24.3 Å². The third-order valence-corrected chi connectivity index (χ3v) is 1.85. The number of carbonyl (C=O) groups is 1. The number of rotatable bonds is 6. The van der Waals surface area contributed by atoms with Crippen molar-refractivity contribution in [3.05, 3.63) is 24.3 Å². The van der Waals surface area contributed by atoms with Gasteiger partial charge < -0.3 is 14.2 Å². The summed E-state index contributed by atoms with van der Waals surface area (Å²) in [4.78, 5) is 11.0. The first-order valence-electron chi connectivity index (χ1n) is 5.37. The van der Waals surface area contributed by atoms with E-state index in [4.69, 9.17) is 9.47 Å². The molecule has 0 radical (unpaired) electrons. The summed E-state index contributed by atoms with van der Waals surface area (Å²) in [7, 11) is 0. The highest BCUT2D eigenvalue weighted by Crippen LogP contribution is 2.19. The van der Waals surface area contributed by atoms with E-state index in [9.17, 15) is 9.18 Å². The fourth-order valence-electron chi connectivity index (χ4n) is 1.16. The van der Waals surface area contributed by atoms with E-state index in [0.29, 0.717) is 12.4 Å². The molecule has 0 saturated carbocycles. The van der Waals surface area contributed by atoms with Crippen molar-refractivity contribution in [1.29, 1.82) is 0 Å². The van der Waals surface area contributed by atoms with E-state index >= 15 is 0 Å². The molecule has 0 fully saturated rings. The van der Waals surface area contributed by atoms with Gasteiger partial charge in [0.2, 0.25) is 0 Å². The minimum Gasteiger partial charge on any atom is -0.494 e. The second kappa shape index (κ2) is 6.73. The molecule has 0 heterocycles. The molecule has 0 aliphatic carbocycles. The Morgan fingerprint density at radius 2 is 1.76 bits per heavy atom. The quantitative estimate of drug-likeness (QED) is 0.718. The lowest BCUT2D eigenvalue weighted by molar-refractivity contribution is -0.159. The number of esters is 1. The van der Waals surface area contributed by atoms with Crippen molar-refractivity contribution in [1.82, 2.24) is 0 Å². The van der Waals surface area contributed by atoms with E-state index in [1.165, 1.54) is 12.1 Å². The second-order valence-electron chi connectivity index (χ2n) is 3.09. The number of ether oxygens (including phenoxy) is 3. The van der Waals surface area contributed by atoms with Gasteiger partial charge in [-0.2, -0.15) is 4.39 Å². The van der Waals surface area contributed by atoms with Gasteiger partial charge in [0.1, 0.15) is 11.5 Å². The Morgan fingerprint density at radius 3 is 2.29 bits per heavy atom. The van der Waals surface area contributed by atoms with Crippen molar-refractivity contribution < 1.29 is 23.4 Å². The van der Waals surface area contributed by atoms with Crippen molar-refractivity contribution in [2.24, 2.45) is 0 Å². The lowest BCUT2D eigenvalue weighted by Crippen LogP contribution is -2.24. The lowest BCUT2D eigenvalue weighted by atomic mass is 10.3. The van der Waals surface area contributed by atoms with Crippen molar-refractivity contribution >= 4 is 5.97 Å². The summed E-state index contributed by atoms with van der Waals surface area (Å²) < 4.78 is 27.6. The Bertz CT molecular complexity index is 350. The van der Waals surface area contributed by atoms with Crippen LogP contribution in [0, 0.1) is 0 Å². The van der Waals surface area contributed by atoms with Gasteiger partial charge in [-0.15, -0.1) is 0 Å². The normalized spacial score (nSPS) is 11.7. The molecule has 0 aliphatic heterocycles. The van der Waals surface area contributed by atoms with E-state index < -0.39 is 12.3 Å². The average molecular weight is 242 g/mol. The van der Waals surface area contributed by atoms with Gasteiger partial charge in [0, 0.05) is 0 Å². The van der Waals surface area contributed by atoms with Crippen LogP contribution >= 0.6 is 0 Å². The molecule has 1 aromatic carbocycles. The zero-order chi connectivity index (χ0) is 12.7. The summed E-state index contributed by atoms with van der Waals surface area (Å²) in [6, 6.07) is 6.32. The highest BCUT2D eigenvalue weighted by Gasteiger charge is 2.20. The molecule has 0 amide bonds. The molecule has 0 aromatic heterocycles. The zero-order valence-electron chi connectivity index (χ0n) is 9.81. The highest BCUT2D eigenvalue weighted by atomic mass is 19.1. The number of halogens is 1. The third kappa shape index (κ3) is 4.30. The van der Waals surface area contributed by atoms with Gasteiger partial charge in [0.25, 0.3) is 0 Å². The minimum absolute atomic E-state index is 0.117. The smallest absolute Gasteiger partial charge is 0.381 e. The minimum atomic E-state index is -2.10. The van der Waals surface area contributed by atoms with E-state index in [0.717, 1.165) is 0 Å². The molecule has 17 heavy (non-hydrogen) atoms. The van der Waals surface area contributed by atoms with E-state index in [1.54, 1.807) is 19.1 Å². The predicted octanol–water partition coefficient (Wildman–Crippen LogP) is 2.32.